The molecule has 0 radical (unpaired) electrons. The molecule has 2 N–H and O–H groups in total. The first-order valence-electron chi connectivity index (χ1n) is 14.3. The number of anilines is 2. The zero-order valence-corrected chi connectivity index (χ0v) is 27.0. The number of esters is 1. The number of thioether (sulfide) groups is 1. The van der Waals surface area contributed by atoms with Gasteiger partial charge < -0.3 is 19.8 Å². The summed E-state index contributed by atoms with van der Waals surface area (Å²) in [4.78, 5) is 69.2. The summed E-state index contributed by atoms with van der Waals surface area (Å²) >= 11 is 8.30. The van der Waals surface area contributed by atoms with Crippen molar-refractivity contribution < 1.29 is 41.8 Å². The van der Waals surface area contributed by atoms with Crippen molar-refractivity contribution in [2.45, 2.75) is 29.3 Å². The minimum Gasteiger partial charge on any atom is -0.483 e. The van der Waals surface area contributed by atoms with E-state index in [0.717, 1.165) is 46.2 Å². The lowest BCUT2D eigenvalue weighted by Gasteiger charge is -2.31. The van der Waals surface area contributed by atoms with Crippen LogP contribution in [0, 0.1) is 5.92 Å². The average Bonchev–Trinajstić information content (AvgIpc) is 3.54. The molecule has 0 bridgehead atoms. The van der Waals surface area contributed by atoms with Gasteiger partial charge in [-0.05, 0) is 67.6 Å². The predicted octanol–water partition coefficient (Wildman–Crippen LogP) is 6.10. The number of carbonyl (C=O) groups is 4. The molecular weight excluding hydrogens is 695 g/mol. The number of halogens is 4. The van der Waals surface area contributed by atoms with Crippen LogP contribution in [0.2, 0.25) is 5.02 Å². The Labute approximate surface area is 283 Å². The molecule has 3 atom stereocenters. The first kappa shape index (κ1) is 33.3. The highest BCUT2D eigenvalue weighted by atomic mass is 35.5. The third kappa shape index (κ3) is 6.44. The second-order valence-corrected chi connectivity index (χ2v) is 13.2. The van der Waals surface area contributed by atoms with Crippen molar-refractivity contribution in [1.29, 1.82) is 0 Å². The van der Waals surface area contributed by atoms with Gasteiger partial charge in [-0.1, -0.05) is 40.8 Å². The number of alkyl halides is 3. The number of fused-ring (bicyclic) bond motifs is 2. The Morgan fingerprint density at radius 1 is 1.02 bits per heavy atom. The predicted molar refractivity (Wildman–Crippen MR) is 172 cm³/mol. The van der Waals surface area contributed by atoms with Crippen LogP contribution in [0.15, 0.2) is 76.6 Å². The van der Waals surface area contributed by atoms with E-state index in [0.29, 0.717) is 15.5 Å². The minimum atomic E-state index is -4.60. The molecule has 48 heavy (non-hydrogen) atoms. The van der Waals surface area contributed by atoms with Crippen LogP contribution in [0.25, 0.3) is 0 Å². The highest BCUT2D eigenvalue weighted by Gasteiger charge is 2.57. The summed E-state index contributed by atoms with van der Waals surface area (Å²) in [5, 5.41) is 2.05. The highest BCUT2D eigenvalue weighted by Crippen LogP contribution is 2.54. The summed E-state index contributed by atoms with van der Waals surface area (Å²) < 4.78 is 50.3. The van der Waals surface area contributed by atoms with Crippen LogP contribution in [-0.2, 0) is 25.3 Å². The number of nitrogens with one attached hydrogen (secondary N) is 2. The van der Waals surface area contributed by atoms with Gasteiger partial charge in [0, 0.05) is 27.1 Å². The van der Waals surface area contributed by atoms with Crippen LogP contribution in [0.5, 0.6) is 5.75 Å². The molecule has 2 aliphatic heterocycles. The van der Waals surface area contributed by atoms with Crippen LogP contribution in [0.4, 0.5) is 24.5 Å². The van der Waals surface area contributed by atoms with Crippen molar-refractivity contribution in [2.24, 2.45) is 5.92 Å². The lowest BCUT2D eigenvalue weighted by atomic mass is 9.82. The quantitative estimate of drug-likeness (QED) is 0.165. The number of nitrogens with zero attached hydrogens (tertiary/aromatic N) is 1. The van der Waals surface area contributed by atoms with Gasteiger partial charge in [0.05, 0.1) is 34.4 Å². The van der Waals surface area contributed by atoms with Crippen molar-refractivity contribution in [1.82, 2.24) is 4.98 Å². The SMILES string of the molecule is CCOC(=O)c1ccc(N2C(=O)C3Sc4[nH]c(=O)sc4C(c4cc(Cl)ccc4OCC(=O)Nc4cccc(C(F)(F)F)c4)C3C2=O)cc1. The van der Waals surface area contributed by atoms with Gasteiger partial charge in [0.1, 0.15) is 11.0 Å². The highest BCUT2D eigenvalue weighted by molar-refractivity contribution is 8.00. The molecule has 248 valence electrons. The third-order valence-corrected chi connectivity index (χ3v) is 10.2. The van der Waals surface area contributed by atoms with E-state index in [-0.39, 0.29) is 34.3 Å². The summed E-state index contributed by atoms with van der Waals surface area (Å²) in [5.41, 5.74) is -0.234. The fraction of sp³-hybridized carbons (Fsp3) is 0.219. The van der Waals surface area contributed by atoms with Crippen molar-refractivity contribution >= 4 is 69.8 Å². The smallest absolute Gasteiger partial charge is 0.416 e. The number of thiazole rings is 1. The zero-order chi connectivity index (χ0) is 34.3. The maximum Gasteiger partial charge on any atom is 0.416 e. The number of rotatable bonds is 8. The van der Waals surface area contributed by atoms with Gasteiger partial charge >= 0.3 is 17.0 Å². The lowest BCUT2D eigenvalue weighted by molar-refractivity contribution is -0.137. The number of benzene rings is 3. The number of amides is 3. The summed E-state index contributed by atoms with van der Waals surface area (Å²) in [6.45, 7) is 1.22. The van der Waals surface area contributed by atoms with E-state index in [2.05, 4.69) is 10.3 Å². The van der Waals surface area contributed by atoms with Crippen LogP contribution in [0.3, 0.4) is 0 Å². The van der Waals surface area contributed by atoms with Crippen molar-refractivity contribution in [3.8, 4) is 5.75 Å². The average molecular weight is 718 g/mol. The molecule has 3 heterocycles. The molecule has 2 aliphatic rings. The van der Waals surface area contributed by atoms with E-state index in [4.69, 9.17) is 21.1 Å². The van der Waals surface area contributed by atoms with Gasteiger partial charge in [0.25, 0.3) is 5.91 Å². The molecule has 6 rings (SSSR count). The number of ether oxygens (including phenoxy) is 2. The number of hydrogen-bond acceptors (Lipinski definition) is 9. The van der Waals surface area contributed by atoms with Crippen molar-refractivity contribution in [3.63, 3.8) is 0 Å². The summed E-state index contributed by atoms with van der Waals surface area (Å²) in [6, 6.07) is 14.4. The lowest BCUT2D eigenvalue weighted by Crippen LogP contribution is -2.32. The second kappa shape index (κ2) is 13.1. The number of aromatic nitrogens is 1. The van der Waals surface area contributed by atoms with Gasteiger partial charge in [-0.25, -0.2) is 9.69 Å². The molecule has 1 aromatic heterocycles. The molecule has 0 spiro atoms. The minimum absolute atomic E-state index is 0.0888. The molecular formula is C32H23ClF3N3O7S2. The largest absolute Gasteiger partial charge is 0.483 e. The van der Waals surface area contributed by atoms with Gasteiger partial charge in [0.2, 0.25) is 11.8 Å². The second-order valence-electron chi connectivity index (χ2n) is 10.6. The maximum atomic E-state index is 14.1. The Morgan fingerprint density at radius 3 is 2.48 bits per heavy atom. The van der Waals surface area contributed by atoms with Crippen LogP contribution in [-0.4, -0.2) is 47.1 Å². The molecule has 3 unspecified atom stereocenters. The standard InChI is InChI=1S/C32H23ClF3N3O7S2/c1-2-45-30(43)15-6-9-19(10-7-15)39-28(41)24-23(25-27(38-31(44)48-25)47-26(24)29(39)42)20-13-17(33)8-11-21(20)46-14-22(40)37-18-5-3-4-16(12-18)32(34,35)36/h3-13,23-24,26H,2,14H2,1H3,(H,37,40)(H,38,44). The molecule has 10 nitrogen and oxygen atoms in total. The Kier molecular flexibility index (Phi) is 9.11. The Bertz CT molecular complexity index is 2000. The van der Waals surface area contributed by atoms with E-state index in [1.165, 1.54) is 48.5 Å². The van der Waals surface area contributed by atoms with Gasteiger partial charge in [0.15, 0.2) is 6.61 Å². The maximum absolute atomic E-state index is 14.1. The Morgan fingerprint density at radius 2 is 1.77 bits per heavy atom. The Balaban J connectivity index is 1.31. The number of H-pyrrole nitrogens is 1. The Hall–Kier alpha value is -4.60. The monoisotopic (exact) mass is 717 g/mol. The number of hydrogen-bond donors (Lipinski definition) is 2. The molecule has 4 aromatic rings. The van der Waals surface area contributed by atoms with Crippen LogP contribution >= 0.6 is 34.7 Å². The topological polar surface area (TPSA) is 135 Å². The molecule has 1 fully saturated rings. The van der Waals surface area contributed by atoms with E-state index in [1.54, 1.807) is 6.92 Å². The van der Waals surface area contributed by atoms with Gasteiger partial charge in [-0.15, -0.1) is 0 Å². The van der Waals surface area contributed by atoms with Crippen LogP contribution in [0.1, 0.15) is 39.2 Å². The molecule has 3 aromatic carbocycles. The van der Waals surface area contributed by atoms with Crippen molar-refractivity contribution in [2.75, 3.05) is 23.4 Å². The fourth-order valence-electron chi connectivity index (χ4n) is 5.58. The van der Waals surface area contributed by atoms with E-state index in [1.807, 2.05) is 0 Å². The van der Waals surface area contributed by atoms with E-state index in [9.17, 15) is 37.1 Å². The molecule has 0 saturated carbocycles. The molecule has 16 heteroatoms. The third-order valence-electron chi connectivity index (χ3n) is 7.60. The van der Waals surface area contributed by atoms with Crippen LogP contribution < -0.4 is 19.8 Å². The normalized spacial score (nSPS) is 18.7. The molecule has 3 amide bonds. The number of aromatic amines is 1. The summed E-state index contributed by atoms with van der Waals surface area (Å²) in [5.74, 6) is -4.24. The van der Waals surface area contributed by atoms with Gasteiger partial charge in [-0.3, -0.25) is 19.2 Å². The van der Waals surface area contributed by atoms with Gasteiger partial charge in [-0.2, -0.15) is 13.2 Å². The molecule has 1 saturated heterocycles. The fourth-order valence-corrected chi connectivity index (χ4v) is 8.26. The summed E-state index contributed by atoms with van der Waals surface area (Å²) in [7, 11) is 0. The van der Waals surface area contributed by atoms with E-state index < -0.39 is 64.0 Å². The molecule has 0 aliphatic carbocycles. The number of imide groups is 1. The number of carbonyl (C=O) groups excluding carboxylic acids is 4. The zero-order valence-electron chi connectivity index (χ0n) is 24.6. The first-order valence-corrected chi connectivity index (χ1v) is 16.4. The van der Waals surface area contributed by atoms with Crippen molar-refractivity contribution in [3.05, 3.63) is 103 Å². The van der Waals surface area contributed by atoms with E-state index >= 15 is 0 Å². The first-order chi connectivity index (χ1) is 22.8. The summed E-state index contributed by atoms with van der Waals surface area (Å²) in [6.07, 6.45) is -4.60.